The van der Waals surface area contributed by atoms with Crippen LogP contribution in [0.5, 0.6) is 5.75 Å². The first-order valence-electron chi connectivity index (χ1n) is 6.13. The van der Waals surface area contributed by atoms with Gasteiger partial charge in [-0.1, -0.05) is 48.5 Å². The third-order valence-electron chi connectivity index (χ3n) is 3.37. The molecule has 0 amide bonds. The largest absolute Gasteiger partial charge is 0.485 e. The maximum Gasteiger partial charge on any atom is 0.133 e. The minimum atomic E-state index is -0.168. The van der Waals surface area contributed by atoms with Gasteiger partial charge in [0.1, 0.15) is 18.1 Å². The maximum absolute atomic E-state index is 11.3. The van der Waals surface area contributed by atoms with Crippen LogP contribution in [0.15, 0.2) is 54.6 Å². The molecule has 0 aliphatic carbocycles. The highest BCUT2D eigenvalue weighted by atomic mass is 16.5. The van der Waals surface area contributed by atoms with Crippen LogP contribution in [0.4, 0.5) is 0 Å². The van der Waals surface area contributed by atoms with Crippen LogP contribution in [-0.2, 0) is 11.2 Å². The second-order valence-corrected chi connectivity index (χ2v) is 4.56. The van der Waals surface area contributed by atoms with Crippen molar-refractivity contribution < 1.29 is 9.53 Å². The summed E-state index contributed by atoms with van der Waals surface area (Å²) in [5.74, 6) is 0.784. The quantitative estimate of drug-likeness (QED) is 0.751. The molecule has 2 aromatic carbocycles. The summed E-state index contributed by atoms with van der Waals surface area (Å²) >= 11 is 0. The van der Waals surface area contributed by atoms with Crippen molar-refractivity contribution in [2.45, 2.75) is 12.5 Å². The van der Waals surface area contributed by atoms with Gasteiger partial charge in [0.25, 0.3) is 0 Å². The van der Waals surface area contributed by atoms with Gasteiger partial charge in [0.15, 0.2) is 0 Å². The van der Waals surface area contributed by atoms with Gasteiger partial charge >= 0.3 is 0 Å². The van der Waals surface area contributed by atoms with E-state index < -0.39 is 0 Å². The minimum absolute atomic E-state index is 0.109. The summed E-state index contributed by atoms with van der Waals surface area (Å²) in [6.07, 6.45) is 1.59. The Labute approximate surface area is 106 Å². The van der Waals surface area contributed by atoms with Crippen molar-refractivity contribution >= 4 is 6.29 Å². The molecule has 1 aliphatic heterocycles. The van der Waals surface area contributed by atoms with Crippen molar-refractivity contribution in [3.8, 4) is 5.75 Å². The fraction of sp³-hybridized carbons (Fsp3) is 0.188. The molecule has 18 heavy (non-hydrogen) atoms. The number of fused-ring (bicyclic) bond motifs is 1. The Bertz CT molecular complexity index is 548. The molecule has 2 atom stereocenters. The molecule has 0 saturated carbocycles. The summed E-state index contributed by atoms with van der Waals surface area (Å²) in [5, 5.41) is 0. The van der Waals surface area contributed by atoms with Crippen LogP contribution in [-0.4, -0.2) is 6.29 Å². The number of rotatable bonds is 2. The van der Waals surface area contributed by atoms with E-state index in [9.17, 15) is 4.79 Å². The zero-order chi connectivity index (χ0) is 12.4. The Morgan fingerprint density at radius 3 is 2.50 bits per heavy atom. The number of aldehydes is 1. The van der Waals surface area contributed by atoms with Gasteiger partial charge in [0.05, 0.1) is 5.92 Å². The van der Waals surface area contributed by atoms with Crippen LogP contribution >= 0.6 is 0 Å². The highest BCUT2D eigenvalue weighted by Gasteiger charge is 2.30. The first kappa shape index (κ1) is 11.0. The molecule has 1 aliphatic rings. The van der Waals surface area contributed by atoms with Gasteiger partial charge in [-0.15, -0.1) is 0 Å². The molecular formula is C16H14O2. The third kappa shape index (κ3) is 1.90. The summed E-state index contributed by atoms with van der Waals surface area (Å²) in [6.45, 7) is 0. The molecule has 0 bridgehead atoms. The monoisotopic (exact) mass is 238 g/mol. The van der Waals surface area contributed by atoms with Crippen LogP contribution < -0.4 is 4.74 Å². The Morgan fingerprint density at radius 1 is 1.00 bits per heavy atom. The molecule has 3 rings (SSSR count). The average Bonchev–Trinajstić information content (AvgIpc) is 2.46. The van der Waals surface area contributed by atoms with Gasteiger partial charge in [-0.25, -0.2) is 0 Å². The SMILES string of the molecule is O=CC1Cc2ccccc2OC1c1ccccc1. The van der Waals surface area contributed by atoms with Crippen molar-refractivity contribution in [3.05, 3.63) is 65.7 Å². The van der Waals surface area contributed by atoms with Gasteiger partial charge < -0.3 is 9.53 Å². The molecule has 0 N–H and O–H groups in total. The van der Waals surface area contributed by atoms with E-state index in [1.54, 1.807) is 0 Å². The number of carbonyl (C=O) groups excluding carboxylic acids is 1. The van der Waals surface area contributed by atoms with Crippen molar-refractivity contribution in [2.24, 2.45) is 5.92 Å². The zero-order valence-corrected chi connectivity index (χ0v) is 9.95. The van der Waals surface area contributed by atoms with Crippen molar-refractivity contribution in [3.63, 3.8) is 0 Å². The minimum Gasteiger partial charge on any atom is -0.485 e. The Hall–Kier alpha value is -2.09. The Morgan fingerprint density at radius 2 is 1.72 bits per heavy atom. The van der Waals surface area contributed by atoms with Crippen LogP contribution in [0, 0.1) is 5.92 Å². The van der Waals surface area contributed by atoms with Crippen LogP contribution in [0.1, 0.15) is 17.2 Å². The van der Waals surface area contributed by atoms with Crippen molar-refractivity contribution in [2.75, 3.05) is 0 Å². The first-order valence-corrected chi connectivity index (χ1v) is 6.13. The third-order valence-corrected chi connectivity index (χ3v) is 3.37. The molecule has 2 nitrogen and oxygen atoms in total. The fourth-order valence-electron chi connectivity index (χ4n) is 2.45. The molecule has 1 heterocycles. The number of ether oxygens (including phenoxy) is 1. The number of hydrogen-bond acceptors (Lipinski definition) is 2. The molecule has 0 radical (unpaired) electrons. The first-order chi connectivity index (χ1) is 8.88. The van der Waals surface area contributed by atoms with Crippen LogP contribution in [0.2, 0.25) is 0 Å². The van der Waals surface area contributed by atoms with Gasteiger partial charge in [-0.2, -0.15) is 0 Å². The van der Waals surface area contributed by atoms with E-state index in [1.165, 1.54) is 0 Å². The fourth-order valence-corrected chi connectivity index (χ4v) is 2.45. The smallest absolute Gasteiger partial charge is 0.133 e. The predicted molar refractivity (Wildman–Crippen MR) is 69.5 cm³/mol. The number of carbonyl (C=O) groups is 1. The number of hydrogen-bond donors (Lipinski definition) is 0. The molecular weight excluding hydrogens is 224 g/mol. The lowest BCUT2D eigenvalue weighted by Gasteiger charge is -2.31. The Balaban J connectivity index is 1.98. The van der Waals surface area contributed by atoms with E-state index in [2.05, 4.69) is 0 Å². The summed E-state index contributed by atoms with van der Waals surface area (Å²) in [6, 6.07) is 17.9. The second kappa shape index (κ2) is 4.65. The van der Waals surface area contributed by atoms with E-state index in [0.717, 1.165) is 29.6 Å². The molecule has 2 unspecified atom stereocenters. The van der Waals surface area contributed by atoms with E-state index >= 15 is 0 Å². The molecule has 90 valence electrons. The Kier molecular flexibility index (Phi) is 2.85. The normalized spacial score (nSPS) is 21.8. The molecule has 0 fully saturated rings. The summed E-state index contributed by atoms with van der Waals surface area (Å²) in [4.78, 5) is 11.3. The molecule has 0 saturated heterocycles. The highest BCUT2D eigenvalue weighted by molar-refractivity contribution is 5.58. The lowest BCUT2D eigenvalue weighted by Crippen LogP contribution is -2.26. The summed E-state index contributed by atoms with van der Waals surface area (Å²) in [5.41, 5.74) is 2.17. The van der Waals surface area contributed by atoms with Crippen LogP contribution in [0.25, 0.3) is 0 Å². The van der Waals surface area contributed by atoms with E-state index in [4.69, 9.17) is 4.74 Å². The van der Waals surface area contributed by atoms with Gasteiger partial charge in [-0.3, -0.25) is 0 Å². The summed E-state index contributed by atoms with van der Waals surface area (Å²) in [7, 11) is 0. The topological polar surface area (TPSA) is 26.3 Å². The molecule has 2 heteroatoms. The highest BCUT2D eigenvalue weighted by Crippen LogP contribution is 2.37. The van der Waals surface area contributed by atoms with Gasteiger partial charge in [-0.05, 0) is 23.6 Å². The summed E-state index contributed by atoms with van der Waals surface area (Å²) < 4.78 is 5.99. The zero-order valence-electron chi connectivity index (χ0n) is 9.95. The number of para-hydroxylation sites is 1. The van der Waals surface area contributed by atoms with Gasteiger partial charge in [0.2, 0.25) is 0 Å². The number of benzene rings is 2. The predicted octanol–water partition coefficient (Wildman–Crippen LogP) is 3.18. The molecule has 0 spiro atoms. The lowest BCUT2D eigenvalue weighted by molar-refractivity contribution is -0.114. The maximum atomic E-state index is 11.3. The van der Waals surface area contributed by atoms with Gasteiger partial charge in [0, 0.05) is 0 Å². The lowest BCUT2D eigenvalue weighted by atomic mass is 9.88. The van der Waals surface area contributed by atoms with Crippen LogP contribution in [0.3, 0.4) is 0 Å². The van der Waals surface area contributed by atoms with E-state index in [-0.39, 0.29) is 12.0 Å². The standard InChI is InChI=1S/C16H14O2/c17-11-14-10-13-8-4-5-9-15(13)18-16(14)12-6-2-1-3-7-12/h1-9,11,14,16H,10H2. The van der Waals surface area contributed by atoms with E-state index in [0.29, 0.717) is 0 Å². The van der Waals surface area contributed by atoms with E-state index in [1.807, 2.05) is 54.6 Å². The molecule has 0 aromatic heterocycles. The van der Waals surface area contributed by atoms with Crippen molar-refractivity contribution in [1.29, 1.82) is 0 Å². The second-order valence-electron chi connectivity index (χ2n) is 4.56. The molecule has 2 aromatic rings. The van der Waals surface area contributed by atoms with Crippen molar-refractivity contribution in [1.82, 2.24) is 0 Å². The average molecular weight is 238 g/mol.